The van der Waals surface area contributed by atoms with E-state index in [-0.39, 0.29) is 0 Å². The summed E-state index contributed by atoms with van der Waals surface area (Å²) in [4.78, 5) is 4.19. The van der Waals surface area contributed by atoms with Crippen LogP contribution in [-0.4, -0.2) is 19.6 Å². The topological polar surface area (TPSA) is 52.3 Å². The fourth-order valence-corrected chi connectivity index (χ4v) is 1.99. The largest absolute Gasteiger partial charge is 0.435 e. The van der Waals surface area contributed by atoms with Gasteiger partial charge in [-0.1, -0.05) is 12.1 Å². The molecule has 0 unspecified atom stereocenters. The Kier molecular flexibility index (Phi) is 2.71. The van der Waals surface area contributed by atoms with E-state index in [4.69, 9.17) is 4.74 Å². The number of nitrogens with zero attached hydrogens (tertiary/aromatic N) is 4. The van der Waals surface area contributed by atoms with E-state index < -0.39 is 0 Å². The zero-order valence-corrected chi connectivity index (χ0v) is 11.1. The molecule has 0 amide bonds. The van der Waals surface area contributed by atoms with Crippen LogP contribution in [0, 0.1) is 6.92 Å². The van der Waals surface area contributed by atoms with Gasteiger partial charge < -0.3 is 4.74 Å². The molecule has 0 atom stereocenters. The fourth-order valence-electron chi connectivity index (χ4n) is 1.62. The van der Waals surface area contributed by atoms with Gasteiger partial charge in [-0.2, -0.15) is 0 Å². The van der Waals surface area contributed by atoms with Crippen molar-refractivity contribution in [3.8, 4) is 11.6 Å². The first-order chi connectivity index (χ1) is 8.75. The van der Waals surface area contributed by atoms with Crippen LogP contribution in [0.1, 0.15) is 5.82 Å². The van der Waals surface area contributed by atoms with E-state index in [0.29, 0.717) is 17.3 Å². The molecule has 0 aliphatic rings. The van der Waals surface area contributed by atoms with Crippen LogP contribution >= 0.6 is 15.9 Å². The summed E-state index contributed by atoms with van der Waals surface area (Å²) in [7, 11) is 0. The highest BCUT2D eigenvalue weighted by atomic mass is 79.9. The summed E-state index contributed by atoms with van der Waals surface area (Å²) in [6.45, 7) is 1.88. The predicted octanol–water partition coefficient (Wildman–Crippen LogP) is 2.99. The van der Waals surface area contributed by atoms with E-state index in [2.05, 4.69) is 31.1 Å². The Morgan fingerprint density at radius 1 is 1.22 bits per heavy atom. The zero-order valence-electron chi connectivity index (χ0n) is 9.54. The molecule has 3 aromatic rings. The number of halogens is 1. The third-order valence-electron chi connectivity index (χ3n) is 2.51. The lowest BCUT2D eigenvalue weighted by molar-refractivity contribution is 0.462. The number of ether oxygens (including phenoxy) is 1. The molecule has 2 aromatic heterocycles. The van der Waals surface area contributed by atoms with Crippen molar-refractivity contribution >= 4 is 21.6 Å². The molecule has 0 N–H and O–H groups in total. The lowest BCUT2D eigenvalue weighted by Gasteiger charge is -2.06. The lowest BCUT2D eigenvalue weighted by atomic mass is 10.3. The van der Waals surface area contributed by atoms with Gasteiger partial charge in [0.05, 0.1) is 4.47 Å². The molecule has 0 saturated carbocycles. The number of hydrogen-bond donors (Lipinski definition) is 0. The average Bonchev–Trinajstić information content (AvgIpc) is 2.76. The summed E-state index contributed by atoms with van der Waals surface area (Å²) in [6.07, 6.45) is 3.47. The Morgan fingerprint density at radius 3 is 2.89 bits per heavy atom. The third-order valence-corrected chi connectivity index (χ3v) is 3.16. The monoisotopic (exact) mass is 304 g/mol. The molecular weight excluding hydrogens is 296 g/mol. The van der Waals surface area contributed by atoms with Gasteiger partial charge in [-0.25, -0.2) is 4.98 Å². The molecule has 1 aromatic carbocycles. The number of aryl methyl sites for hydroxylation is 1. The van der Waals surface area contributed by atoms with Gasteiger partial charge in [0.25, 0.3) is 5.88 Å². The summed E-state index contributed by atoms with van der Waals surface area (Å²) >= 11 is 3.43. The Bertz CT molecular complexity index is 710. The molecule has 0 aliphatic carbocycles. The standard InChI is InChI=1S/C12H9BrN4O/c1-8-15-16-11-12(14-6-7-17(8)11)18-10-5-3-2-4-9(10)13/h2-7H,1H3. The molecule has 6 heteroatoms. The van der Waals surface area contributed by atoms with Crippen LogP contribution in [0.2, 0.25) is 0 Å². The highest BCUT2D eigenvalue weighted by Crippen LogP contribution is 2.29. The highest BCUT2D eigenvalue weighted by molar-refractivity contribution is 9.10. The third kappa shape index (κ3) is 1.84. The second-order valence-corrected chi connectivity index (χ2v) is 4.56. The van der Waals surface area contributed by atoms with Crippen LogP contribution in [0.3, 0.4) is 0 Å². The van der Waals surface area contributed by atoms with Gasteiger partial charge in [0.2, 0.25) is 5.65 Å². The molecular formula is C12H9BrN4O. The van der Waals surface area contributed by atoms with E-state index in [0.717, 1.165) is 10.3 Å². The normalized spacial score (nSPS) is 10.8. The number of fused-ring (bicyclic) bond motifs is 1. The summed E-state index contributed by atoms with van der Waals surface area (Å²) < 4.78 is 8.45. The van der Waals surface area contributed by atoms with Crippen molar-refractivity contribution in [2.45, 2.75) is 6.92 Å². The van der Waals surface area contributed by atoms with Crippen molar-refractivity contribution in [3.05, 3.63) is 47.0 Å². The van der Waals surface area contributed by atoms with Gasteiger partial charge in [-0.3, -0.25) is 4.40 Å². The summed E-state index contributed by atoms with van der Waals surface area (Å²) in [5.41, 5.74) is 0.603. The van der Waals surface area contributed by atoms with Crippen LogP contribution in [0.15, 0.2) is 41.1 Å². The lowest BCUT2D eigenvalue weighted by Crippen LogP contribution is -1.94. The molecule has 0 saturated heterocycles. The number of hydrogen-bond acceptors (Lipinski definition) is 4. The number of para-hydroxylation sites is 1. The van der Waals surface area contributed by atoms with Crippen molar-refractivity contribution in [1.82, 2.24) is 19.6 Å². The maximum Gasteiger partial charge on any atom is 0.265 e. The van der Waals surface area contributed by atoms with Crippen molar-refractivity contribution in [3.63, 3.8) is 0 Å². The van der Waals surface area contributed by atoms with E-state index >= 15 is 0 Å². The first-order valence-corrected chi connectivity index (χ1v) is 6.14. The van der Waals surface area contributed by atoms with E-state index in [9.17, 15) is 0 Å². The van der Waals surface area contributed by atoms with Crippen LogP contribution in [-0.2, 0) is 0 Å². The molecule has 5 nitrogen and oxygen atoms in total. The minimum absolute atomic E-state index is 0.435. The van der Waals surface area contributed by atoms with E-state index in [1.165, 1.54) is 0 Å². The number of benzene rings is 1. The van der Waals surface area contributed by atoms with Gasteiger partial charge in [0.1, 0.15) is 11.6 Å². The maximum atomic E-state index is 5.75. The Labute approximate surface area is 112 Å². The first-order valence-electron chi connectivity index (χ1n) is 5.34. The fraction of sp³-hybridized carbons (Fsp3) is 0.0833. The molecule has 2 heterocycles. The van der Waals surface area contributed by atoms with Crippen molar-refractivity contribution in [1.29, 1.82) is 0 Å². The first kappa shape index (κ1) is 11.2. The Balaban J connectivity index is 2.08. The van der Waals surface area contributed by atoms with Crippen LogP contribution in [0.25, 0.3) is 5.65 Å². The molecule has 3 rings (SSSR count). The smallest absolute Gasteiger partial charge is 0.265 e. The van der Waals surface area contributed by atoms with Crippen molar-refractivity contribution in [2.75, 3.05) is 0 Å². The minimum Gasteiger partial charge on any atom is -0.435 e. The summed E-state index contributed by atoms with van der Waals surface area (Å²) in [6, 6.07) is 7.59. The molecule has 0 bridgehead atoms. The van der Waals surface area contributed by atoms with E-state index in [1.54, 1.807) is 12.4 Å². The van der Waals surface area contributed by atoms with Crippen LogP contribution in [0.5, 0.6) is 11.6 Å². The molecule has 0 fully saturated rings. The van der Waals surface area contributed by atoms with Gasteiger partial charge in [-0.05, 0) is 35.0 Å². The SMILES string of the molecule is Cc1nnc2c(Oc3ccccc3Br)nccn12. The predicted molar refractivity (Wildman–Crippen MR) is 69.7 cm³/mol. The van der Waals surface area contributed by atoms with Crippen LogP contribution < -0.4 is 4.74 Å². The summed E-state index contributed by atoms with van der Waals surface area (Å²) in [5, 5.41) is 8.06. The molecule has 0 spiro atoms. The van der Waals surface area contributed by atoms with Gasteiger partial charge >= 0.3 is 0 Å². The van der Waals surface area contributed by atoms with Crippen LogP contribution in [0.4, 0.5) is 0 Å². The Morgan fingerprint density at radius 2 is 2.06 bits per heavy atom. The quantitative estimate of drug-likeness (QED) is 0.730. The second kappa shape index (κ2) is 4.38. The molecule has 90 valence electrons. The van der Waals surface area contributed by atoms with Crippen molar-refractivity contribution < 1.29 is 4.74 Å². The number of aromatic nitrogens is 4. The Hall–Kier alpha value is -1.95. The zero-order chi connectivity index (χ0) is 12.5. The van der Waals surface area contributed by atoms with E-state index in [1.807, 2.05) is 35.6 Å². The highest BCUT2D eigenvalue weighted by Gasteiger charge is 2.10. The van der Waals surface area contributed by atoms with Gasteiger partial charge in [-0.15, -0.1) is 10.2 Å². The number of rotatable bonds is 2. The maximum absolute atomic E-state index is 5.75. The molecule has 18 heavy (non-hydrogen) atoms. The van der Waals surface area contributed by atoms with Gasteiger partial charge in [0, 0.05) is 12.4 Å². The van der Waals surface area contributed by atoms with Gasteiger partial charge in [0.15, 0.2) is 0 Å². The molecule has 0 radical (unpaired) electrons. The average molecular weight is 305 g/mol. The summed E-state index contributed by atoms with van der Waals surface area (Å²) in [5.74, 6) is 1.92. The minimum atomic E-state index is 0.435. The second-order valence-electron chi connectivity index (χ2n) is 3.71. The molecule has 0 aliphatic heterocycles. The van der Waals surface area contributed by atoms with Crippen molar-refractivity contribution in [2.24, 2.45) is 0 Å².